The Labute approximate surface area is 497 Å². The molecule has 0 radical (unpaired) electrons. The molecule has 0 aliphatic heterocycles. The van der Waals surface area contributed by atoms with Crippen LogP contribution in [0.2, 0.25) is 0 Å². The molecular weight excluding hydrogens is 1010 g/mol. The van der Waals surface area contributed by atoms with Crippen molar-refractivity contribution in [2.45, 2.75) is 128 Å². The summed E-state index contributed by atoms with van der Waals surface area (Å²) in [6.07, 6.45) is 13.2. The van der Waals surface area contributed by atoms with E-state index in [-0.39, 0.29) is 10.8 Å². The Balaban J connectivity index is 0.00000297. The molecule has 0 aromatic heterocycles. The highest BCUT2D eigenvalue weighted by atomic mass is 15.1. The number of anilines is 6. The maximum atomic E-state index is 2.53. The Morgan fingerprint density at radius 3 is 0.988 bits per heavy atom. The molecule has 0 heterocycles. The average molecular weight is 1090 g/mol. The Kier molecular flexibility index (Phi) is 12.9. The van der Waals surface area contributed by atoms with Crippen LogP contribution in [0.25, 0.3) is 76.1 Å². The Bertz CT molecular complexity index is 4240. The third kappa shape index (κ3) is 8.33. The molecule has 0 unspecified atom stereocenters. The molecule has 2 saturated carbocycles. The summed E-state index contributed by atoms with van der Waals surface area (Å²) >= 11 is 0. The topological polar surface area (TPSA) is 6.48 Å². The van der Waals surface area contributed by atoms with Crippen molar-refractivity contribution in [3.63, 3.8) is 0 Å². The van der Waals surface area contributed by atoms with Crippen LogP contribution in [-0.4, -0.2) is 0 Å². The minimum absolute atomic E-state index is 0.119. The summed E-state index contributed by atoms with van der Waals surface area (Å²) < 4.78 is 0. The van der Waals surface area contributed by atoms with E-state index in [1.807, 2.05) is 13.8 Å². The van der Waals surface area contributed by atoms with Crippen molar-refractivity contribution in [2.75, 3.05) is 9.80 Å². The molecule has 84 heavy (non-hydrogen) atoms. The van der Waals surface area contributed by atoms with Gasteiger partial charge in [-0.1, -0.05) is 226 Å². The van der Waals surface area contributed by atoms with E-state index in [1.54, 1.807) is 0 Å². The molecule has 0 N–H and O–H groups in total. The maximum absolute atomic E-state index is 2.53. The van der Waals surface area contributed by atoms with Crippen LogP contribution in [0.1, 0.15) is 151 Å². The van der Waals surface area contributed by atoms with Crippen molar-refractivity contribution in [2.24, 2.45) is 0 Å². The fraction of sp³-hybridized carbons (Fsp3) is 0.244. The normalized spacial score (nSPS) is 16.1. The van der Waals surface area contributed by atoms with Crippen molar-refractivity contribution in [3.8, 4) is 22.3 Å². The predicted molar refractivity (Wildman–Crippen MR) is 361 cm³/mol. The lowest BCUT2D eigenvalue weighted by atomic mass is 9.82. The fourth-order valence-corrected chi connectivity index (χ4v) is 16.1. The third-order valence-corrected chi connectivity index (χ3v) is 20.4. The van der Waals surface area contributed by atoms with Gasteiger partial charge in [-0.05, 0) is 220 Å². The fourth-order valence-electron chi connectivity index (χ4n) is 16.1. The van der Waals surface area contributed by atoms with Crippen LogP contribution < -0.4 is 9.80 Å². The Hall–Kier alpha value is -8.46. The first-order valence-corrected chi connectivity index (χ1v) is 31.7. The van der Waals surface area contributed by atoms with E-state index in [2.05, 4.69) is 256 Å². The van der Waals surface area contributed by atoms with Crippen LogP contribution in [0.5, 0.6) is 0 Å². The third-order valence-electron chi connectivity index (χ3n) is 20.4. The van der Waals surface area contributed by atoms with E-state index in [9.17, 15) is 0 Å². The summed E-state index contributed by atoms with van der Waals surface area (Å²) in [5.41, 5.74) is 20.7. The largest absolute Gasteiger partial charge is 0.310 e. The number of benzene rings is 12. The predicted octanol–water partition coefficient (Wildman–Crippen LogP) is 24.1. The second kappa shape index (κ2) is 20.7. The van der Waals surface area contributed by atoms with E-state index in [0.717, 1.165) is 11.4 Å². The Morgan fingerprint density at radius 2 is 0.583 bits per heavy atom. The lowest BCUT2D eigenvalue weighted by Crippen LogP contribution is -2.16. The van der Waals surface area contributed by atoms with Gasteiger partial charge >= 0.3 is 0 Å². The minimum atomic E-state index is -0.119. The SMILES string of the molecule is CC.CC1(C)c2ccccc2-c2ccc(N(c3ccc(C4CCCCC4)cc3)c3ccc4c(c3)c3ccccc3c3c5ccc(N(c6ccc(C7CCCCC7)cc6)c6ccc7c(c6)C(C)(C)c6ccccc6-7)cc5c5ccccc5c43)cc21. The first-order valence-electron chi connectivity index (χ1n) is 31.7. The van der Waals surface area contributed by atoms with Gasteiger partial charge in [-0.2, -0.15) is 0 Å². The molecule has 0 amide bonds. The summed E-state index contributed by atoms with van der Waals surface area (Å²) in [7, 11) is 0. The van der Waals surface area contributed by atoms with Crippen molar-refractivity contribution in [3.05, 3.63) is 252 Å². The summed E-state index contributed by atoms with van der Waals surface area (Å²) in [4.78, 5) is 5.05. The summed E-state index contributed by atoms with van der Waals surface area (Å²) in [6, 6.07) is 84.8. The van der Waals surface area contributed by atoms with Gasteiger partial charge in [0.2, 0.25) is 0 Å². The molecule has 2 heteroatoms. The molecule has 12 aromatic carbocycles. The molecule has 12 aromatic rings. The van der Waals surface area contributed by atoms with Gasteiger partial charge in [0.25, 0.3) is 0 Å². The first kappa shape index (κ1) is 52.4. The maximum Gasteiger partial charge on any atom is 0.0468 e. The highest BCUT2D eigenvalue weighted by Crippen LogP contribution is 2.54. The zero-order valence-electron chi connectivity index (χ0n) is 49.9. The second-order valence-corrected chi connectivity index (χ2v) is 25.6. The molecule has 2 nitrogen and oxygen atoms in total. The van der Waals surface area contributed by atoms with E-state index in [4.69, 9.17) is 0 Å². The molecular formula is C82H76N2. The van der Waals surface area contributed by atoms with Crippen molar-refractivity contribution in [1.29, 1.82) is 0 Å². The number of hydrogen-bond donors (Lipinski definition) is 0. The van der Waals surface area contributed by atoms with Crippen LogP contribution in [-0.2, 0) is 10.8 Å². The molecule has 16 rings (SSSR count). The zero-order valence-corrected chi connectivity index (χ0v) is 49.9. The molecule has 2 fully saturated rings. The van der Waals surface area contributed by atoms with Crippen LogP contribution in [0.4, 0.5) is 34.1 Å². The van der Waals surface area contributed by atoms with Crippen molar-refractivity contribution >= 4 is 88.0 Å². The number of nitrogens with zero attached hydrogens (tertiary/aromatic N) is 2. The molecule has 0 bridgehead atoms. The lowest BCUT2D eigenvalue weighted by molar-refractivity contribution is 0.443. The average Bonchev–Trinajstić information content (AvgIpc) is 0.970. The Morgan fingerprint density at radius 1 is 0.274 bits per heavy atom. The van der Waals surface area contributed by atoms with Gasteiger partial charge in [-0.15, -0.1) is 0 Å². The summed E-state index contributed by atoms with van der Waals surface area (Å²) in [5, 5.41) is 12.8. The van der Waals surface area contributed by atoms with Gasteiger partial charge in [-0.25, -0.2) is 0 Å². The molecule has 4 aliphatic carbocycles. The van der Waals surface area contributed by atoms with Crippen molar-refractivity contribution in [1.82, 2.24) is 0 Å². The molecule has 4 aliphatic rings. The summed E-state index contributed by atoms with van der Waals surface area (Å²) in [5.74, 6) is 1.29. The highest BCUT2D eigenvalue weighted by Gasteiger charge is 2.37. The smallest absolute Gasteiger partial charge is 0.0468 e. The van der Waals surface area contributed by atoms with Gasteiger partial charge in [0.1, 0.15) is 0 Å². The van der Waals surface area contributed by atoms with Gasteiger partial charge in [0.15, 0.2) is 0 Å². The minimum Gasteiger partial charge on any atom is -0.310 e. The monoisotopic (exact) mass is 1090 g/mol. The first-order chi connectivity index (χ1) is 41.2. The second-order valence-electron chi connectivity index (χ2n) is 25.6. The van der Waals surface area contributed by atoms with E-state index < -0.39 is 0 Å². The van der Waals surface area contributed by atoms with Crippen molar-refractivity contribution < 1.29 is 0 Å². The van der Waals surface area contributed by atoms with E-state index in [1.165, 1.54) is 196 Å². The molecule has 414 valence electrons. The zero-order chi connectivity index (χ0) is 56.8. The van der Waals surface area contributed by atoms with Gasteiger partial charge < -0.3 is 9.80 Å². The lowest BCUT2D eigenvalue weighted by Gasteiger charge is -2.30. The number of fused-ring (bicyclic) bond motifs is 17. The molecule has 0 saturated heterocycles. The van der Waals surface area contributed by atoms with Crippen LogP contribution in [0.3, 0.4) is 0 Å². The number of hydrogen-bond acceptors (Lipinski definition) is 2. The quantitative estimate of drug-likeness (QED) is 0.140. The standard InChI is InChI=1S/C80H70N2.C2H6/c1-79(2)73-29-17-15-25-63(73)65-43-39-59(49-75(65)79)81(55-35-31-53(32-36-55)51-19-7-5-8-20-51)57-41-45-69-71(47-57)61-23-11-13-27-67(61)78-70-46-42-58(48-72(70)62-24-12-14-28-68(62)77(69)78)82(56-37-33-54(34-38-56)52-21-9-6-10-22-52)60-40-44-66-64-26-16-18-30-74(64)80(3,4)76(66)50-60;1-2/h11-18,23-52H,5-10,19-22H2,1-4H3;1-2H3. The number of rotatable bonds is 8. The van der Waals surface area contributed by atoms with Crippen LogP contribution >= 0.6 is 0 Å². The highest BCUT2D eigenvalue weighted by molar-refractivity contribution is 6.39. The summed E-state index contributed by atoms with van der Waals surface area (Å²) in [6.45, 7) is 13.6. The van der Waals surface area contributed by atoms with Gasteiger partial charge in [-0.3, -0.25) is 0 Å². The van der Waals surface area contributed by atoms with Crippen LogP contribution in [0, 0.1) is 0 Å². The van der Waals surface area contributed by atoms with Gasteiger partial charge in [0.05, 0.1) is 0 Å². The van der Waals surface area contributed by atoms with E-state index in [0.29, 0.717) is 11.8 Å². The van der Waals surface area contributed by atoms with Gasteiger partial charge in [0, 0.05) is 45.0 Å². The van der Waals surface area contributed by atoms with Crippen LogP contribution in [0.15, 0.2) is 218 Å². The molecule has 0 spiro atoms. The van der Waals surface area contributed by atoms with E-state index >= 15 is 0 Å². The molecule has 0 atom stereocenters.